The van der Waals surface area contributed by atoms with Crippen molar-refractivity contribution in [1.82, 2.24) is 9.78 Å². The molecule has 0 atom stereocenters. The summed E-state index contributed by atoms with van der Waals surface area (Å²) in [4.78, 5) is 12.4. The number of para-hydroxylation sites is 1. The zero-order valence-electron chi connectivity index (χ0n) is 13.9. The maximum Gasteiger partial charge on any atom is 0.299 e. The topological polar surface area (TPSA) is 143 Å². The number of aromatic amines is 1. The predicted octanol–water partition coefficient (Wildman–Crippen LogP) is 2.90. The first-order valence-electron chi connectivity index (χ1n) is 7.52. The second kappa shape index (κ2) is 6.99. The SMILES string of the molecule is Cc1[nH]n(-c2ccccc2Cl)c(=O)c1N=Nc1cc(S(N)(=O)=O)ccc1O. The van der Waals surface area contributed by atoms with Crippen LogP contribution in [0.25, 0.3) is 5.69 Å². The fraction of sp³-hybridized carbons (Fsp3) is 0.0625. The molecule has 140 valence electrons. The van der Waals surface area contributed by atoms with Crippen molar-refractivity contribution in [3.63, 3.8) is 0 Å². The van der Waals surface area contributed by atoms with Gasteiger partial charge in [-0.25, -0.2) is 18.2 Å². The van der Waals surface area contributed by atoms with Crippen LogP contribution in [-0.4, -0.2) is 23.3 Å². The molecule has 0 unspecified atom stereocenters. The van der Waals surface area contributed by atoms with Gasteiger partial charge in [-0.05, 0) is 37.3 Å². The molecule has 4 N–H and O–H groups in total. The van der Waals surface area contributed by atoms with Crippen molar-refractivity contribution in [2.24, 2.45) is 15.4 Å². The molecule has 0 aliphatic rings. The average molecular weight is 408 g/mol. The maximum atomic E-state index is 12.6. The van der Waals surface area contributed by atoms with Crippen molar-refractivity contribution in [2.75, 3.05) is 0 Å². The summed E-state index contributed by atoms with van der Waals surface area (Å²) in [5.41, 5.74) is 0.172. The standard InChI is InChI=1S/C16H14ClN5O4S/c1-9-15(16(24)22(21-9)13-5-3-2-4-11(13)17)20-19-12-8-10(27(18,25)26)6-7-14(12)23/h2-8,21,23H,1H3,(H2,18,25,26). The van der Waals surface area contributed by atoms with Crippen molar-refractivity contribution in [3.05, 3.63) is 63.5 Å². The third-order valence-corrected chi connectivity index (χ3v) is 4.90. The average Bonchev–Trinajstić information content (AvgIpc) is 2.88. The van der Waals surface area contributed by atoms with Gasteiger partial charge in [-0.15, -0.1) is 10.2 Å². The summed E-state index contributed by atoms with van der Waals surface area (Å²) in [7, 11) is -3.98. The van der Waals surface area contributed by atoms with Crippen molar-refractivity contribution < 1.29 is 13.5 Å². The van der Waals surface area contributed by atoms with Gasteiger partial charge in [0.25, 0.3) is 5.56 Å². The Morgan fingerprint density at radius 2 is 1.89 bits per heavy atom. The third kappa shape index (κ3) is 3.77. The molecule has 3 aromatic rings. The number of nitrogens with one attached hydrogen (secondary N) is 1. The molecule has 3 rings (SSSR count). The number of nitrogens with zero attached hydrogens (tertiary/aromatic N) is 3. The molecule has 0 aliphatic carbocycles. The van der Waals surface area contributed by atoms with E-state index < -0.39 is 15.6 Å². The molecule has 0 saturated carbocycles. The minimum atomic E-state index is -3.98. The van der Waals surface area contributed by atoms with E-state index in [1.165, 1.54) is 4.68 Å². The van der Waals surface area contributed by atoms with Crippen LogP contribution in [0, 0.1) is 6.92 Å². The lowest BCUT2D eigenvalue weighted by molar-refractivity contribution is 0.476. The number of aryl methyl sites for hydroxylation is 1. The highest BCUT2D eigenvalue weighted by Crippen LogP contribution is 2.30. The summed E-state index contributed by atoms with van der Waals surface area (Å²) in [6.45, 7) is 1.61. The van der Waals surface area contributed by atoms with Crippen LogP contribution in [0.3, 0.4) is 0 Å². The molecule has 2 aromatic carbocycles. The second-order valence-corrected chi connectivity index (χ2v) is 7.54. The molecule has 0 radical (unpaired) electrons. The van der Waals surface area contributed by atoms with Crippen molar-refractivity contribution in [2.45, 2.75) is 11.8 Å². The van der Waals surface area contributed by atoms with Gasteiger partial charge in [0.05, 0.1) is 21.3 Å². The van der Waals surface area contributed by atoms with Crippen LogP contribution in [0.15, 0.2) is 62.4 Å². The first-order chi connectivity index (χ1) is 12.7. The minimum absolute atomic E-state index is 0.0182. The Labute approximate surface area is 158 Å². The number of phenolic OH excluding ortho intramolecular Hbond substituents is 1. The Hall–Kier alpha value is -2.95. The zero-order chi connectivity index (χ0) is 19.8. The minimum Gasteiger partial charge on any atom is -0.506 e. The Balaban J connectivity index is 2.05. The lowest BCUT2D eigenvalue weighted by atomic mass is 10.3. The smallest absolute Gasteiger partial charge is 0.299 e. The summed E-state index contributed by atoms with van der Waals surface area (Å²) in [6.07, 6.45) is 0. The van der Waals surface area contributed by atoms with Gasteiger partial charge in [0.1, 0.15) is 11.4 Å². The van der Waals surface area contributed by atoms with Gasteiger partial charge in [-0.2, -0.15) is 0 Å². The van der Waals surface area contributed by atoms with E-state index in [1.807, 2.05) is 0 Å². The Bertz CT molecular complexity index is 1210. The van der Waals surface area contributed by atoms with Crippen LogP contribution in [-0.2, 0) is 10.0 Å². The van der Waals surface area contributed by atoms with Crippen LogP contribution in [0.1, 0.15) is 5.69 Å². The molecule has 0 spiro atoms. The summed E-state index contributed by atoms with van der Waals surface area (Å²) in [5, 5.41) is 25.8. The maximum absolute atomic E-state index is 12.6. The molecule has 27 heavy (non-hydrogen) atoms. The molecule has 11 heteroatoms. The van der Waals surface area contributed by atoms with E-state index in [4.69, 9.17) is 16.7 Å². The summed E-state index contributed by atoms with van der Waals surface area (Å²) in [6, 6.07) is 10.1. The molecule has 0 aliphatic heterocycles. The number of aromatic nitrogens is 2. The van der Waals surface area contributed by atoms with Crippen molar-refractivity contribution in [1.29, 1.82) is 0 Å². The van der Waals surface area contributed by atoms with Crippen LogP contribution in [0.5, 0.6) is 5.75 Å². The number of halogens is 1. The molecular weight excluding hydrogens is 394 g/mol. The van der Waals surface area contributed by atoms with Crippen LogP contribution in [0.4, 0.5) is 11.4 Å². The monoisotopic (exact) mass is 407 g/mol. The first-order valence-corrected chi connectivity index (χ1v) is 9.45. The normalized spacial score (nSPS) is 12.0. The van der Waals surface area contributed by atoms with Crippen molar-refractivity contribution in [3.8, 4) is 11.4 Å². The largest absolute Gasteiger partial charge is 0.506 e. The van der Waals surface area contributed by atoms with Gasteiger partial charge < -0.3 is 5.11 Å². The Kier molecular flexibility index (Phi) is 4.87. The number of H-pyrrole nitrogens is 1. The fourth-order valence-electron chi connectivity index (χ4n) is 2.32. The number of phenols is 1. The van der Waals surface area contributed by atoms with E-state index >= 15 is 0 Å². The Morgan fingerprint density at radius 1 is 1.19 bits per heavy atom. The fourth-order valence-corrected chi connectivity index (χ4v) is 3.08. The quantitative estimate of drug-likeness (QED) is 0.571. The number of sulfonamides is 1. The lowest BCUT2D eigenvalue weighted by Gasteiger charge is -2.02. The summed E-state index contributed by atoms with van der Waals surface area (Å²) in [5.74, 6) is -0.314. The van der Waals surface area contributed by atoms with E-state index in [0.29, 0.717) is 16.4 Å². The predicted molar refractivity (Wildman–Crippen MR) is 99.8 cm³/mol. The number of hydrogen-bond donors (Lipinski definition) is 3. The van der Waals surface area contributed by atoms with Crippen LogP contribution < -0.4 is 10.7 Å². The van der Waals surface area contributed by atoms with Gasteiger partial charge in [-0.1, -0.05) is 23.7 Å². The summed E-state index contributed by atoms with van der Waals surface area (Å²) >= 11 is 6.11. The van der Waals surface area contributed by atoms with Crippen LogP contribution >= 0.6 is 11.6 Å². The number of azo groups is 1. The van der Waals surface area contributed by atoms with Gasteiger partial charge in [0.2, 0.25) is 10.0 Å². The van der Waals surface area contributed by atoms with E-state index in [2.05, 4.69) is 15.3 Å². The first kappa shape index (κ1) is 18.8. The molecule has 9 nitrogen and oxygen atoms in total. The Morgan fingerprint density at radius 3 is 2.56 bits per heavy atom. The van der Waals surface area contributed by atoms with Gasteiger partial charge in [0.15, 0.2) is 5.69 Å². The zero-order valence-corrected chi connectivity index (χ0v) is 15.5. The van der Waals surface area contributed by atoms with Crippen LogP contribution in [0.2, 0.25) is 5.02 Å². The van der Waals surface area contributed by atoms with E-state index in [9.17, 15) is 18.3 Å². The highest BCUT2D eigenvalue weighted by Gasteiger charge is 2.15. The van der Waals surface area contributed by atoms with Crippen molar-refractivity contribution >= 4 is 33.0 Å². The molecule has 1 aromatic heterocycles. The van der Waals surface area contributed by atoms with E-state index in [0.717, 1.165) is 18.2 Å². The highest BCUT2D eigenvalue weighted by molar-refractivity contribution is 7.89. The van der Waals surface area contributed by atoms with E-state index in [1.54, 1.807) is 31.2 Å². The van der Waals surface area contributed by atoms with E-state index in [-0.39, 0.29) is 22.0 Å². The molecule has 1 heterocycles. The molecular formula is C16H14ClN5O4S. The highest BCUT2D eigenvalue weighted by atomic mass is 35.5. The summed E-state index contributed by atoms with van der Waals surface area (Å²) < 4.78 is 24.1. The number of benzene rings is 2. The number of primary sulfonamides is 1. The lowest BCUT2D eigenvalue weighted by Crippen LogP contribution is -2.14. The number of aromatic hydroxyl groups is 1. The molecule has 0 fully saturated rings. The second-order valence-electron chi connectivity index (χ2n) is 5.57. The molecule has 0 amide bonds. The molecule has 0 saturated heterocycles. The van der Waals surface area contributed by atoms with Gasteiger partial charge in [0, 0.05) is 0 Å². The molecule has 0 bridgehead atoms. The van der Waals surface area contributed by atoms with Gasteiger partial charge in [-0.3, -0.25) is 9.89 Å². The number of rotatable bonds is 4. The number of hydrogen-bond acceptors (Lipinski definition) is 6. The van der Waals surface area contributed by atoms with Gasteiger partial charge >= 0.3 is 0 Å². The number of nitrogens with two attached hydrogens (primary N) is 1. The third-order valence-electron chi connectivity index (χ3n) is 3.67.